The Morgan fingerprint density at radius 3 is 2.06 bits per heavy atom. The molecule has 1 atom stereocenters. The number of rotatable bonds is 4. The van der Waals surface area contributed by atoms with Crippen LogP contribution in [-0.4, -0.2) is 53.7 Å². The summed E-state index contributed by atoms with van der Waals surface area (Å²) in [7, 11) is 0. The maximum Gasteiger partial charge on any atom is 0.416 e. The highest BCUT2D eigenvalue weighted by Crippen LogP contribution is 2.32. The second kappa shape index (κ2) is 8.49. The Hall–Kier alpha value is -3.62. The van der Waals surface area contributed by atoms with Gasteiger partial charge in [0, 0.05) is 44.0 Å². The summed E-state index contributed by atoms with van der Waals surface area (Å²) < 4.78 is 39.1. The molecule has 2 aliphatic rings. The lowest BCUT2D eigenvalue weighted by molar-refractivity contribution is -0.150. The van der Waals surface area contributed by atoms with Crippen molar-refractivity contribution in [3.63, 3.8) is 0 Å². The molecule has 6 nitrogen and oxygen atoms in total. The molecule has 2 aromatic rings. The largest absolute Gasteiger partial charge is 0.416 e. The molecule has 2 aliphatic heterocycles. The number of benzene rings is 2. The van der Waals surface area contributed by atoms with Crippen LogP contribution < -0.4 is 4.90 Å². The first-order valence-electron chi connectivity index (χ1n) is 10.1. The number of anilines is 1. The van der Waals surface area contributed by atoms with Crippen molar-refractivity contribution in [3.8, 4) is 0 Å². The van der Waals surface area contributed by atoms with Gasteiger partial charge >= 0.3 is 6.18 Å². The first-order valence-corrected chi connectivity index (χ1v) is 10.1. The lowest BCUT2D eigenvalue weighted by atomic mass is 10.0. The molecule has 2 heterocycles. The average molecular weight is 443 g/mol. The zero-order valence-electron chi connectivity index (χ0n) is 17.0. The maximum absolute atomic E-state index is 13.4. The van der Waals surface area contributed by atoms with Crippen molar-refractivity contribution in [2.45, 2.75) is 12.2 Å². The van der Waals surface area contributed by atoms with E-state index in [0.717, 1.165) is 29.2 Å². The van der Waals surface area contributed by atoms with Crippen LogP contribution in [0.25, 0.3) is 0 Å². The minimum absolute atomic E-state index is 0.252. The van der Waals surface area contributed by atoms with Crippen LogP contribution in [0.2, 0.25) is 0 Å². The smallest absolute Gasteiger partial charge is 0.368 e. The van der Waals surface area contributed by atoms with E-state index in [1.54, 1.807) is 46.2 Å². The number of piperazine rings is 1. The summed E-state index contributed by atoms with van der Waals surface area (Å²) in [5.41, 5.74) is 0.222. The number of amides is 3. The van der Waals surface area contributed by atoms with Crippen molar-refractivity contribution < 1.29 is 27.6 Å². The summed E-state index contributed by atoms with van der Waals surface area (Å²) in [5.74, 6) is -1.51. The molecule has 4 rings (SSSR count). The first-order chi connectivity index (χ1) is 15.3. The normalized spacial score (nSPS) is 17.8. The number of alkyl halides is 3. The summed E-state index contributed by atoms with van der Waals surface area (Å²) >= 11 is 0. The second-order valence-electron chi connectivity index (χ2n) is 7.55. The van der Waals surface area contributed by atoms with Gasteiger partial charge in [-0.1, -0.05) is 36.4 Å². The van der Waals surface area contributed by atoms with E-state index in [9.17, 15) is 27.6 Å². The predicted molar refractivity (Wildman–Crippen MR) is 110 cm³/mol. The molecule has 0 N–H and O–H groups in total. The molecule has 166 valence electrons. The lowest BCUT2D eigenvalue weighted by Gasteiger charge is -2.39. The van der Waals surface area contributed by atoms with Crippen molar-refractivity contribution in [3.05, 3.63) is 77.9 Å². The maximum atomic E-state index is 13.4. The van der Waals surface area contributed by atoms with Gasteiger partial charge in [0.2, 0.25) is 0 Å². The summed E-state index contributed by atoms with van der Waals surface area (Å²) in [4.78, 5) is 42.2. The zero-order chi connectivity index (χ0) is 22.9. The fourth-order valence-corrected chi connectivity index (χ4v) is 3.94. The zero-order valence-corrected chi connectivity index (χ0v) is 17.0. The highest BCUT2D eigenvalue weighted by atomic mass is 19.4. The molecule has 0 radical (unpaired) electrons. The Bertz CT molecular complexity index is 1040. The molecule has 1 fully saturated rings. The SMILES string of the molecule is O=C(C(c1ccccc1)N1C(=O)C=CC1=O)N1CCN(c2cccc(C(F)(F)F)c2)CC1. The third kappa shape index (κ3) is 4.23. The van der Waals surface area contributed by atoms with Gasteiger partial charge in [0.05, 0.1) is 5.56 Å². The van der Waals surface area contributed by atoms with Crippen LogP contribution in [0, 0.1) is 0 Å². The van der Waals surface area contributed by atoms with Crippen LogP contribution in [0.1, 0.15) is 17.2 Å². The van der Waals surface area contributed by atoms with Gasteiger partial charge in [0.1, 0.15) is 6.04 Å². The van der Waals surface area contributed by atoms with Crippen LogP contribution in [0.15, 0.2) is 66.7 Å². The molecule has 1 saturated heterocycles. The highest BCUT2D eigenvalue weighted by Gasteiger charge is 2.40. The Morgan fingerprint density at radius 1 is 0.844 bits per heavy atom. The summed E-state index contributed by atoms with van der Waals surface area (Å²) in [6, 6.07) is 12.6. The molecule has 0 bridgehead atoms. The Balaban J connectivity index is 1.51. The summed E-state index contributed by atoms with van der Waals surface area (Å²) in [6.45, 7) is 1.16. The minimum Gasteiger partial charge on any atom is -0.368 e. The average Bonchev–Trinajstić information content (AvgIpc) is 3.12. The summed E-state index contributed by atoms with van der Waals surface area (Å²) in [6.07, 6.45) is -2.16. The fourth-order valence-electron chi connectivity index (χ4n) is 3.94. The van der Waals surface area contributed by atoms with Gasteiger partial charge < -0.3 is 9.80 Å². The van der Waals surface area contributed by atoms with Crippen LogP contribution >= 0.6 is 0 Å². The Morgan fingerprint density at radius 2 is 1.47 bits per heavy atom. The number of hydrogen-bond donors (Lipinski definition) is 0. The van der Waals surface area contributed by atoms with Crippen molar-refractivity contribution in [1.29, 1.82) is 0 Å². The fraction of sp³-hybridized carbons (Fsp3) is 0.261. The van der Waals surface area contributed by atoms with Gasteiger partial charge in [-0.3, -0.25) is 19.3 Å². The monoisotopic (exact) mass is 443 g/mol. The Labute approximate surface area is 182 Å². The van der Waals surface area contributed by atoms with Crippen LogP contribution in [0.5, 0.6) is 0 Å². The molecule has 32 heavy (non-hydrogen) atoms. The second-order valence-corrected chi connectivity index (χ2v) is 7.55. The molecule has 0 aliphatic carbocycles. The Kier molecular flexibility index (Phi) is 5.73. The lowest BCUT2D eigenvalue weighted by Crippen LogP contribution is -2.53. The van der Waals surface area contributed by atoms with E-state index < -0.39 is 35.5 Å². The van der Waals surface area contributed by atoms with Gasteiger partial charge in [-0.05, 0) is 23.8 Å². The van der Waals surface area contributed by atoms with Gasteiger partial charge in [-0.25, -0.2) is 0 Å². The third-order valence-corrected chi connectivity index (χ3v) is 5.58. The molecule has 0 saturated carbocycles. The van der Waals surface area contributed by atoms with Gasteiger partial charge in [-0.15, -0.1) is 0 Å². The number of halogens is 3. The van der Waals surface area contributed by atoms with Crippen molar-refractivity contribution >= 4 is 23.4 Å². The molecule has 9 heteroatoms. The van der Waals surface area contributed by atoms with Crippen molar-refractivity contribution in [2.24, 2.45) is 0 Å². The van der Waals surface area contributed by atoms with E-state index in [0.29, 0.717) is 24.3 Å². The number of carbonyl (C=O) groups is 3. The summed E-state index contributed by atoms with van der Waals surface area (Å²) in [5, 5.41) is 0. The third-order valence-electron chi connectivity index (χ3n) is 5.58. The van der Waals surface area contributed by atoms with E-state index in [1.165, 1.54) is 6.07 Å². The molecule has 2 aromatic carbocycles. The van der Waals surface area contributed by atoms with Crippen molar-refractivity contribution in [1.82, 2.24) is 9.80 Å². The number of nitrogens with zero attached hydrogens (tertiary/aromatic N) is 3. The molecular weight excluding hydrogens is 423 g/mol. The predicted octanol–water partition coefficient (Wildman–Crippen LogP) is 3.02. The van der Waals surface area contributed by atoms with Gasteiger partial charge in [0.15, 0.2) is 0 Å². The van der Waals surface area contributed by atoms with E-state index in [4.69, 9.17) is 0 Å². The number of hydrogen-bond acceptors (Lipinski definition) is 4. The van der Waals surface area contributed by atoms with E-state index >= 15 is 0 Å². The first kappa shape index (κ1) is 21.6. The van der Waals surface area contributed by atoms with E-state index in [2.05, 4.69) is 0 Å². The van der Waals surface area contributed by atoms with E-state index in [-0.39, 0.29) is 13.1 Å². The van der Waals surface area contributed by atoms with E-state index in [1.807, 2.05) is 0 Å². The van der Waals surface area contributed by atoms with Crippen LogP contribution in [-0.2, 0) is 20.6 Å². The molecule has 0 aromatic heterocycles. The van der Waals surface area contributed by atoms with Gasteiger partial charge in [0.25, 0.3) is 17.7 Å². The molecular formula is C23H20F3N3O3. The minimum atomic E-state index is -4.43. The molecule has 3 amide bonds. The van der Waals surface area contributed by atoms with Crippen LogP contribution in [0.3, 0.4) is 0 Å². The highest BCUT2D eigenvalue weighted by molar-refractivity contribution is 6.15. The van der Waals surface area contributed by atoms with Crippen LogP contribution in [0.4, 0.5) is 18.9 Å². The standard InChI is InChI=1S/C23H20F3N3O3/c24-23(25,26)17-7-4-8-18(15-17)27-11-13-28(14-12-27)22(32)21(16-5-2-1-3-6-16)29-19(30)9-10-20(29)31/h1-10,15,21H,11-14H2. The van der Waals surface area contributed by atoms with Gasteiger partial charge in [-0.2, -0.15) is 13.2 Å². The number of carbonyl (C=O) groups excluding carboxylic acids is 3. The van der Waals surface area contributed by atoms with Crippen molar-refractivity contribution in [2.75, 3.05) is 31.1 Å². The molecule has 0 spiro atoms. The topological polar surface area (TPSA) is 60.9 Å². The quantitative estimate of drug-likeness (QED) is 0.682. The number of imide groups is 1. The molecule has 1 unspecified atom stereocenters.